The number of carbonyl (C=O) groups excluding carboxylic acids is 20. The predicted octanol–water partition coefficient (Wildman–Crippen LogP) is 6.41. The summed E-state index contributed by atoms with van der Waals surface area (Å²) in [6, 6.07) is -1.70. The topological polar surface area (TPSA) is 481 Å². The Hall–Kier alpha value is -9.12. The largest absolute Gasteiger partial charge is 0.379 e. The molecular weight excluding hydrogens is 1660 g/mol. The number of unbranched alkanes of at least 4 members (excludes halogenated alkanes) is 4. The van der Waals surface area contributed by atoms with E-state index in [2.05, 4.69) is 47.9 Å². The Bertz CT molecular complexity index is 3600. The van der Waals surface area contributed by atoms with Crippen molar-refractivity contribution in [3.63, 3.8) is 0 Å². The van der Waals surface area contributed by atoms with E-state index in [1.165, 1.54) is 52.1 Å². The highest BCUT2D eigenvalue weighted by molar-refractivity contribution is 5.96. The van der Waals surface area contributed by atoms with Crippen molar-refractivity contribution in [2.45, 2.75) is 303 Å². The van der Waals surface area contributed by atoms with Crippen LogP contribution in [0.1, 0.15) is 285 Å². The molecule has 738 valence electrons. The molecule has 3 heterocycles. The molecule has 0 saturated carbocycles. The molecule has 3 fully saturated rings. The van der Waals surface area contributed by atoms with Gasteiger partial charge in [0.05, 0.1) is 57.9 Å². The molecular formula is C94H165N13O22. The minimum absolute atomic E-state index is 0.00439. The van der Waals surface area contributed by atoms with Gasteiger partial charge in [0.1, 0.15) is 64.4 Å². The first-order chi connectivity index (χ1) is 60.1. The van der Waals surface area contributed by atoms with Crippen molar-refractivity contribution in [2.24, 2.45) is 50.7 Å². The number of piperidine rings is 2. The van der Waals surface area contributed by atoms with E-state index in [1.807, 2.05) is 111 Å². The molecule has 35 nitrogen and oxygen atoms in total. The molecule has 7 atom stereocenters. The molecule has 1 unspecified atom stereocenters. The van der Waals surface area contributed by atoms with Crippen molar-refractivity contribution in [1.82, 2.24) is 67.5 Å². The first-order valence-corrected chi connectivity index (χ1v) is 46.0. The molecule has 9 N–H and O–H groups in total. The average molecular weight is 1830 g/mol. The summed E-state index contributed by atoms with van der Waals surface area (Å²) in [7, 11) is 12.2. The minimum atomic E-state index is -0.636. The predicted molar refractivity (Wildman–Crippen MR) is 493 cm³/mol. The van der Waals surface area contributed by atoms with Gasteiger partial charge in [-0.1, -0.05) is 118 Å². The zero-order valence-electron chi connectivity index (χ0n) is 83.0. The molecule has 0 bridgehead atoms. The van der Waals surface area contributed by atoms with Crippen LogP contribution < -0.4 is 47.9 Å². The zero-order chi connectivity index (χ0) is 99.3. The second-order valence-electron chi connectivity index (χ2n) is 38.1. The first-order valence-electron chi connectivity index (χ1n) is 46.0. The highest BCUT2D eigenvalue weighted by Gasteiger charge is 2.44. The Morgan fingerprint density at radius 1 is 0.349 bits per heavy atom. The first kappa shape index (κ1) is 122. The molecule has 35 heteroatoms. The summed E-state index contributed by atoms with van der Waals surface area (Å²) in [5, 5.41) is 22.9. The number of amides is 12. The Morgan fingerprint density at radius 3 is 1.12 bits per heavy atom. The summed E-state index contributed by atoms with van der Waals surface area (Å²) in [6.45, 7) is 34.6. The van der Waals surface area contributed by atoms with E-state index < -0.39 is 30.0 Å². The third kappa shape index (κ3) is 50.2. The van der Waals surface area contributed by atoms with E-state index in [-0.39, 0.29) is 195 Å². The van der Waals surface area contributed by atoms with Crippen LogP contribution in [0.4, 0.5) is 0 Å². The molecule has 3 saturated heterocycles. The number of hydrogen-bond acceptors (Lipinski definition) is 23. The molecule has 0 radical (unpaired) electrons. The third-order valence-electron chi connectivity index (χ3n) is 22.6. The lowest BCUT2D eigenvalue weighted by molar-refractivity contribution is -0.145. The maximum absolute atomic E-state index is 12.7. The fraction of sp³-hybridized carbons (Fsp3) is 0.787. The maximum Gasteiger partial charge on any atom is 0.242 e. The van der Waals surface area contributed by atoms with Gasteiger partial charge in [0, 0.05) is 205 Å². The van der Waals surface area contributed by atoms with Crippen LogP contribution in [0.15, 0.2) is 0 Å². The van der Waals surface area contributed by atoms with E-state index in [9.17, 15) is 95.9 Å². The monoisotopic (exact) mass is 1830 g/mol. The van der Waals surface area contributed by atoms with Crippen molar-refractivity contribution in [1.29, 1.82) is 0 Å². The van der Waals surface area contributed by atoms with Gasteiger partial charge < -0.3 is 72.0 Å². The van der Waals surface area contributed by atoms with E-state index in [0.29, 0.717) is 200 Å². The van der Waals surface area contributed by atoms with Gasteiger partial charge in [-0.05, 0) is 83.5 Å². The number of nitrogens with zero attached hydrogens (tertiary/aromatic N) is 4. The van der Waals surface area contributed by atoms with E-state index in [4.69, 9.17) is 9.47 Å². The van der Waals surface area contributed by atoms with Gasteiger partial charge in [-0.25, -0.2) is 0 Å². The van der Waals surface area contributed by atoms with Gasteiger partial charge in [0.15, 0.2) is 0 Å². The highest BCUT2D eigenvalue weighted by atomic mass is 16.5. The molecule has 3 rings (SSSR count). The molecule has 129 heavy (non-hydrogen) atoms. The van der Waals surface area contributed by atoms with Crippen LogP contribution in [0.3, 0.4) is 0 Å². The minimum Gasteiger partial charge on any atom is -0.379 e. The number of carbonyl (C=O) groups is 20. The number of rotatable bonds is 48. The van der Waals surface area contributed by atoms with Gasteiger partial charge in [0.2, 0.25) is 70.9 Å². The quantitative estimate of drug-likeness (QED) is 0.0297. The number of ketones is 8. The third-order valence-corrected chi connectivity index (χ3v) is 22.6. The highest BCUT2D eigenvalue weighted by Crippen LogP contribution is 2.31. The van der Waals surface area contributed by atoms with Crippen LogP contribution in [-0.4, -0.2) is 283 Å². The Kier molecular flexibility index (Phi) is 59.6. The van der Waals surface area contributed by atoms with Crippen LogP contribution in [-0.2, 0) is 105 Å². The number of nitrogens with one attached hydrogen (secondary N) is 9. The van der Waals surface area contributed by atoms with Crippen LogP contribution in [0.2, 0.25) is 0 Å². The second-order valence-corrected chi connectivity index (χ2v) is 38.1. The van der Waals surface area contributed by atoms with Gasteiger partial charge in [-0.2, -0.15) is 0 Å². The van der Waals surface area contributed by atoms with Crippen molar-refractivity contribution >= 4 is 117 Å². The van der Waals surface area contributed by atoms with E-state index in [0.717, 1.165) is 0 Å². The lowest BCUT2D eigenvalue weighted by Gasteiger charge is -2.38. The Labute approximate surface area is 768 Å². The van der Waals surface area contributed by atoms with E-state index in [1.54, 1.807) is 30.8 Å². The summed E-state index contributed by atoms with van der Waals surface area (Å²) in [5.74, 6) is -3.04. The molecule has 0 aromatic carbocycles. The number of likely N-dealkylation sites (N-methyl/N-ethyl adjacent to an activating group) is 5. The Morgan fingerprint density at radius 2 is 0.721 bits per heavy atom. The fourth-order valence-corrected chi connectivity index (χ4v) is 14.0. The normalized spacial score (nSPS) is 17.0. The number of likely N-dealkylation sites (tertiary alicyclic amines) is 3. The van der Waals surface area contributed by atoms with Crippen molar-refractivity contribution < 1.29 is 105 Å². The molecule has 0 spiro atoms. The van der Waals surface area contributed by atoms with Gasteiger partial charge in [-0.3, -0.25) is 101 Å². The summed E-state index contributed by atoms with van der Waals surface area (Å²) in [5.41, 5.74) is -1.75. The van der Waals surface area contributed by atoms with Gasteiger partial charge >= 0.3 is 0 Å². The molecule has 0 aliphatic carbocycles. The summed E-state index contributed by atoms with van der Waals surface area (Å²) >= 11 is 0. The van der Waals surface area contributed by atoms with Crippen molar-refractivity contribution in [3.05, 3.63) is 0 Å². The maximum atomic E-state index is 12.7. The SMILES string of the molecule is CCC(=O)[C@@H]1CC[C@H](C(=O)NC)N(C(=O)CCCCC(=O)C(C)(C)C)C1.CCC(=O)[C@H]1CN(C(=O)CCCCC(=O)C(C)(C)C)CC[C@H]1C(=O)NC.CNC(=O)C1CC[C@@H](C(=O)NC)N1C(=O)CCCCC(=O)C(C)(C)C.CNC(=O)CN(CC(=O)NC)CC(=O)NCCOCCOCCC(=O)C(C)(C)C.CNC(=O)C[C@H](CC(=O)CCCCC(=O)C(C)(C)C)C(=O)NC. The molecule has 0 aromatic rings. The van der Waals surface area contributed by atoms with Crippen LogP contribution in [0, 0.1) is 50.7 Å². The lowest BCUT2D eigenvalue weighted by Crippen LogP contribution is -2.54. The van der Waals surface area contributed by atoms with Crippen molar-refractivity contribution in [3.8, 4) is 0 Å². The second kappa shape index (κ2) is 63.0. The number of hydrogen-bond donors (Lipinski definition) is 9. The Balaban J connectivity index is 0. The summed E-state index contributed by atoms with van der Waals surface area (Å²) in [4.78, 5) is 246. The molecule has 12 amide bonds. The van der Waals surface area contributed by atoms with Gasteiger partial charge in [-0.15, -0.1) is 0 Å². The smallest absolute Gasteiger partial charge is 0.242 e. The van der Waals surface area contributed by atoms with Crippen LogP contribution in [0.5, 0.6) is 0 Å². The average Bonchev–Trinajstić information content (AvgIpc) is 1.71. The molecule has 3 aliphatic rings. The van der Waals surface area contributed by atoms with Crippen LogP contribution >= 0.6 is 0 Å². The fourth-order valence-electron chi connectivity index (χ4n) is 14.0. The molecule has 3 aliphatic heterocycles. The number of ether oxygens (including phenoxy) is 2. The van der Waals surface area contributed by atoms with Crippen molar-refractivity contribution in [2.75, 3.05) is 129 Å². The summed E-state index contributed by atoms with van der Waals surface area (Å²) < 4.78 is 10.7. The summed E-state index contributed by atoms with van der Waals surface area (Å²) in [6.07, 6.45) is 12.2. The van der Waals surface area contributed by atoms with Crippen LogP contribution in [0.25, 0.3) is 0 Å². The lowest BCUT2D eigenvalue weighted by atomic mass is 9.81. The standard InChI is InChI=1S/2C20H34N2O4.C19H36N4O6.C18H31N3O4.C17H30N2O4/c1-6-16(23)15-13-22(12-11-14(15)19(26)21-5)18(25)10-8-7-9-17(24)20(2,3)4;1-6-16(23)14-11-12-15(19(26)21-5)22(13-14)18(25)10-8-7-9-17(24)20(2,3)4;1-19(2,3)15(24)6-8-28-10-11-29-9-7-22-18(27)14-23(12-16(25)20-4)13-17(26)21-5;1-18(2,3)14(22)8-6-7-9-15(23)21-12(16(24)19-4)10-11-13(21)17(25)20-5;1-17(2,3)14(21)9-7-6-8-13(20)10-12(16(23)19-5)11-15(22)18-4/h2*14-15H,6-13H2,1-5H3,(H,21,26);6-14H2,1-5H3,(H,20,25)(H,21,26)(H,22,27);12-13H,6-11H2,1-5H3,(H,19,24)(H,20,25);12H,6-11H2,1-5H3,(H,18,22)(H,19,23)/t14-,15+;14-,15-;;12-,13?;12-/m11.00/s1. The number of Topliss-reactive ketones (excluding diaryl/α,β-unsaturated/α-hetero) is 8. The zero-order valence-corrected chi connectivity index (χ0v) is 83.0. The van der Waals surface area contributed by atoms with Gasteiger partial charge in [0.25, 0.3) is 0 Å². The van der Waals surface area contributed by atoms with E-state index >= 15 is 0 Å². The molecule has 0 aromatic heterocycles.